The quantitative estimate of drug-likeness (QED) is 0.251. The standard InChI is InChI=1S/C26H32ClIN2O6/c1-4-18-10-12-21(34-2)22(30-18)23(24(28)35-3)36-20-11-9-17(13-19(20)27)25(31)29-14-15-5-7-16(8-6-15)26(32)33/h9-13,15-16,23-24H,4-8,14H2,1-3H3,(H,29,31)(H,32,33)/t15?,16?,23-,24-/m0/s1. The zero-order valence-electron chi connectivity index (χ0n) is 20.6. The maximum Gasteiger partial charge on any atom is 0.306 e. The van der Waals surface area contributed by atoms with E-state index >= 15 is 0 Å². The van der Waals surface area contributed by atoms with E-state index in [9.17, 15) is 9.59 Å². The molecule has 0 spiro atoms. The van der Waals surface area contributed by atoms with Gasteiger partial charge in [-0.2, -0.15) is 0 Å². The summed E-state index contributed by atoms with van der Waals surface area (Å²) in [6.07, 6.45) is 3.04. The number of methoxy groups -OCH3 is 2. The Bertz CT molecular complexity index is 1060. The molecule has 36 heavy (non-hydrogen) atoms. The Labute approximate surface area is 230 Å². The Hall–Kier alpha value is -2.11. The number of hydrogen-bond acceptors (Lipinski definition) is 6. The molecule has 1 amide bonds. The number of aromatic nitrogens is 1. The van der Waals surface area contributed by atoms with Gasteiger partial charge in [0.2, 0.25) is 0 Å². The van der Waals surface area contributed by atoms with Gasteiger partial charge in [-0.25, -0.2) is 4.98 Å². The Morgan fingerprint density at radius 2 is 1.86 bits per heavy atom. The highest BCUT2D eigenvalue weighted by molar-refractivity contribution is 14.1. The van der Waals surface area contributed by atoms with Gasteiger partial charge in [-0.15, -0.1) is 0 Å². The van der Waals surface area contributed by atoms with Gasteiger partial charge in [0.1, 0.15) is 17.2 Å². The van der Waals surface area contributed by atoms with E-state index in [1.807, 2.05) is 19.1 Å². The van der Waals surface area contributed by atoms with Crippen LogP contribution < -0.4 is 14.8 Å². The number of nitrogens with zero attached hydrogens (tertiary/aromatic N) is 1. The van der Waals surface area contributed by atoms with E-state index in [1.165, 1.54) is 0 Å². The Morgan fingerprint density at radius 1 is 1.17 bits per heavy atom. The fourth-order valence-electron chi connectivity index (χ4n) is 4.26. The minimum atomic E-state index is -0.733. The molecule has 1 saturated carbocycles. The van der Waals surface area contributed by atoms with Gasteiger partial charge in [0.15, 0.2) is 10.2 Å². The van der Waals surface area contributed by atoms with Crippen molar-refractivity contribution in [1.29, 1.82) is 0 Å². The van der Waals surface area contributed by atoms with Gasteiger partial charge in [0.25, 0.3) is 5.91 Å². The van der Waals surface area contributed by atoms with Crippen LogP contribution in [0.3, 0.4) is 0 Å². The summed E-state index contributed by atoms with van der Waals surface area (Å²) in [6, 6.07) is 8.67. The van der Waals surface area contributed by atoms with Crippen LogP contribution in [0, 0.1) is 11.8 Å². The first kappa shape index (κ1) is 28.5. The smallest absolute Gasteiger partial charge is 0.306 e. The van der Waals surface area contributed by atoms with E-state index in [0.717, 1.165) is 25.0 Å². The van der Waals surface area contributed by atoms with E-state index in [2.05, 4.69) is 27.9 Å². The summed E-state index contributed by atoms with van der Waals surface area (Å²) in [5.41, 5.74) is 1.92. The highest BCUT2D eigenvalue weighted by Gasteiger charge is 2.29. The van der Waals surface area contributed by atoms with Crippen molar-refractivity contribution in [2.75, 3.05) is 20.8 Å². The van der Waals surface area contributed by atoms with Crippen molar-refractivity contribution >= 4 is 46.1 Å². The monoisotopic (exact) mass is 630 g/mol. The molecule has 1 aromatic carbocycles. The third-order valence-electron chi connectivity index (χ3n) is 6.45. The highest BCUT2D eigenvalue weighted by Crippen LogP contribution is 2.37. The number of hydrogen-bond donors (Lipinski definition) is 2. The number of benzene rings is 1. The van der Waals surface area contributed by atoms with Crippen LogP contribution in [0.1, 0.15) is 60.5 Å². The number of aryl methyl sites for hydroxylation is 1. The number of halogens is 2. The van der Waals surface area contributed by atoms with Crippen LogP contribution >= 0.6 is 34.2 Å². The number of aliphatic carboxylic acids is 1. The molecule has 0 saturated heterocycles. The second-order valence-corrected chi connectivity index (χ2v) is 10.4. The molecule has 1 aromatic heterocycles. The normalized spacial score (nSPS) is 19.2. The van der Waals surface area contributed by atoms with E-state index in [0.29, 0.717) is 47.2 Å². The predicted octanol–water partition coefficient (Wildman–Crippen LogP) is 5.45. The topological polar surface area (TPSA) is 107 Å². The molecule has 1 aliphatic rings. The maximum absolute atomic E-state index is 12.7. The summed E-state index contributed by atoms with van der Waals surface area (Å²) in [4.78, 5) is 28.6. The third kappa shape index (κ3) is 7.23. The number of alkyl halides is 1. The summed E-state index contributed by atoms with van der Waals surface area (Å²) in [6.45, 7) is 2.53. The average Bonchev–Trinajstić information content (AvgIpc) is 2.90. The molecule has 0 radical (unpaired) electrons. The second kappa shape index (κ2) is 13.4. The number of nitrogens with one attached hydrogen (secondary N) is 1. The van der Waals surface area contributed by atoms with Gasteiger partial charge in [0.05, 0.1) is 18.1 Å². The largest absolute Gasteiger partial charge is 0.495 e. The first-order chi connectivity index (χ1) is 17.3. The number of carboxylic acid groups (broad SMARTS) is 1. The predicted molar refractivity (Wildman–Crippen MR) is 145 cm³/mol. The lowest BCUT2D eigenvalue weighted by atomic mass is 9.82. The summed E-state index contributed by atoms with van der Waals surface area (Å²) in [7, 11) is 3.17. The zero-order valence-corrected chi connectivity index (χ0v) is 23.5. The van der Waals surface area contributed by atoms with Crippen LogP contribution in [-0.4, -0.2) is 46.8 Å². The van der Waals surface area contributed by atoms with Gasteiger partial charge in [-0.3, -0.25) is 9.59 Å². The summed E-state index contributed by atoms with van der Waals surface area (Å²) >= 11 is 8.66. The number of ether oxygens (including phenoxy) is 3. The van der Waals surface area contributed by atoms with Crippen LogP contribution in [0.2, 0.25) is 5.02 Å². The molecule has 0 bridgehead atoms. The zero-order chi connectivity index (χ0) is 26.2. The molecule has 0 aliphatic heterocycles. The van der Waals surface area contributed by atoms with Crippen molar-refractivity contribution in [3.05, 3.63) is 52.3 Å². The molecule has 2 atom stereocenters. The van der Waals surface area contributed by atoms with Crippen LogP contribution in [0.15, 0.2) is 30.3 Å². The Balaban J connectivity index is 1.70. The van der Waals surface area contributed by atoms with Crippen LogP contribution in [-0.2, 0) is 16.0 Å². The van der Waals surface area contributed by atoms with Crippen molar-refractivity contribution in [2.24, 2.45) is 11.8 Å². The van der Waals surface area contributed by atoms with E-state index < -0.39 is 12.1 Å². The Kier molecular flexibility index (Phi) is 10.6. The summed E-state index contributed by atoms with van der Waals surface area (Å²) < 4.78 is 16.9. The SMILES string of the molecule is CCc1ccc(OC)c([C@H](Oc2ccc(C(=O)NCC3CCC(C(=O)O)CC3)cc2Cl)[C@@H](I)OC)n1. The number of carboxylic acids is 1. The number of carbonyl (C=O) groups is 2. The third-order valence-corrected chi connectivity index (χ3v) is 7.91. The van der Waals surface area contributed by atoms with E-state index in [-0.39, 0.29) is 21.9 Å². The van der Waals surface area contributed by atoms with Crippen LogP contribution in [0.5, 0.6) is 11.5 Å². The molecule has 196 valence electrons. The first-order valence-electron chi connectivity index (χ1n) is 11.9. The lowest BCUT2D eigenvalue weighted by Crippen LogP contribution is -2.32. The minimum absolute atomic E-state index is 0.233. The first-order valence-corrected chi connectivity index (χ1v) is 13.6. The number of amides is 1. The fraction of sp³-hybridized carbons (Fsp3) is 0.500. The fourth-order valence-corrected chi connectivity index (χ4v) is 4.97. The molecule has 1 fully saturated rings. The maximum atomic E-state index is 12.7. The molecule has 1 heterocycles. The van der Waals surface area contributed by atoms with E-state index in [1.54, 1.807) is 32.4 Å². The van der Waals surface area contributed by atoms with Crippen LogP contribution in [0.4, 0.5) is 0 Å². The lowest BCUT2D eigenvalue weighted by molar-refractivity contribution is -0.143. The van der Waals surface area contributed by atoms with Gasteiger partial charge >= 0.3 is 5.97 Å². The van der Waals surface area contributed by atoms with Crippen LogP contribution in [0.25, 0.3) is 0 Å². The van der Waals surface area contributed by atoms with Gasteiger partial charge in [-0.1, -0.05) is 18.5 Å². The van der Waals surface area contributed by atoms with Crippen molar-refractivity contribution in [3.63, 3.8) is 0 Å². The van der Waals surface area contributed by atoms with Crippen molar-refractivity contribution in [3.8, 4) is 11.5 Å². The van der Waals surface area contributed by atoms with Crippen molar-refractivity contribution in [2.45, 2.75) is 49.2 Å². The number of rotatable bonds is 11. The molecular weight excluding hydrogens is 599 g/mol. The summed E-state index contributed by atoms with van der Waals surface area (Å²) in [5, 5.41) is 12.4. The van der Waals surface area contributed by atoms with Crippen molar-refractivity contribution in [1.82, 2.24) is 10.3 Å². The number of carbonyl (C=O) groups excluding carboxylic acids is 1. The molecule has 0 unspecified atom stereocenters. The molecular formula is C26H32ClIN2O6. The molecule has 8 nitrogen and oxygen atoms in total. The van der Waals surface area contributed by atoms with E-state index in [4.69, 9.17) is 35.9 Å². The molecule has 1 aliphatic carbocycles. The van der Waals surface area contributed by atoms with Gasteiger partial charge < -0.3 is 24.6 Å². The molecule has 3 rings (SSSR count). The second-order valence-electron chi connectivity index (χ2n) is 8.78. The number of pyridine rings is 1. The molecule has 2 aromatic rings. The summed E-state index contributed by atoms with van der Waals surface area (Å²) in [5.74, 6) is 0.0211. The van der Waals surface area contributed by atoms with Crippen molar-refractivity contribution < 1.29 is 28.9 Å². The molecule has 10 heteroatoms. The van der Waals surface area contributed by atoms with Gasteiger partial charge in [0, 0.05) is 24.9 Å². The lowest BCUT2D eigenvalue weighted by Gasteiger charge is -2.26. The highest BCUT2D eigenvalue weighted by atomic mass is 127. The minimum Gasteiger partial charge on any atom is -0.495 e. The average molecular weight is 631 g/mol. The molecule has 2 N–H and O–H groups in total. The van der Waals surface area contributed by atoms with Gasteiger partial charge in [-0.05, 0) is 90.9 Å². The Morgan fingerprint density at radius 3 is 2.44 bits per heavy atom.